The Hall–Kier alpha value is -1.55. The second kappa shape index (κ2) is 8.03. The Balaban J connectivity index is 2.69. The number of hydrogen-bond acceptors (Lipinski definition) is 4. The third-order valence-corrected chi connectivity index (χ3v) is 2.69. The summed E-state index contributed by atoms with van der Waals surface area (Å²) in [6, 6.07) is 7.72. The Morgan fingerprint density at radius 2 is 1.71 bits per heavy atom. The summed E-state index contributed by atoms with van der Waals surface area (Å²) in [7, 11) is 0. The molecule has 0 aliphatic rings. The van der Waals surface area contributed by atoms with Crippen molar-refractivity contribution in [1.29, 1.82) is 0 Å². The molecule has 0 aromatic heterocycles. The highest BCUT2D eigenvalue weighted by atomic mass is 16.6. The maximum Gasteiger partial charge on any atom is 0.335 e. The van der Waals surface area contributed by atoms with E-state index < -0.39 is 6.10 Å². The van der Waals surface area contributed by atoms with Crippen LogP contribution in [0.2, 0.25) is 0 Å². The van der Waals surface area contributed by atoms with Gasteiger partial charge < -0.3 is 14.2 Å². The second-order valence-electron chi connectivity index (χ2n) is 5.76. The average Bonchev–Trinajstić information content (AvgIpc) is 2.39. The van der Waals surface area contributed by atoms with Gasteiger partial charge in [-0.15, -0.1) is 0 Å². The Kier molecular flexibility index (Phi) is 6.69. The van der Waals surface area contributed by atoms with Crippen LogP contribution in [0.3, 0.4) is 0 Å². The van der Waals surface area contributed by atoms with Crippen molar-refractivity contribution in [2.45, 2.75) is 52.7 Å². The zero-order valence-electron chi connectivity index (χ0n) is 13.6. The van der Waals surface area contributed by atoms with Gasteiger partial charge in [-0.2, -0.15) is 0 Å². The van der Waals surface area contributed by atoms with Crippen LogP contribution >= 0.6 is 0 Å². The first kappa shape index (κ1) is 17.5. The lowest BCUT2D eigenvalue weighted by atomic mass is 10.1. The molecule has 1 unspecified atom stereocenters. The fourth-order valence-electron chi connectivity index (χ4n) is 1.91. The standard InChI is InChI=1S/C17H26O4/c1-6-19-15(16(18)20-7-2)12-13-8-10-14(11-9-13)21-17(3,4)5/h8-11,15H,6-7,12H2,1-5H3. The van der Waals surface area contributed by atoms with Crippen LogP contribution in [-0.2, 0) is 20.7 Å². The van der Waals surface area contributed by atoms with Crippen LogP contribution in [0.25, 0.3) is 0 Å². The summed E-state index contributed by atoms with van der Waals surface area (Å²) in [6.07, 6.45) is -0.0491. The van der Waals surface area contributed by atoms with Gasteiger partial charge in [-0.25, -0.2) is 4.79 Å². The third kappa shape index (κ3) is 6.63. The van der Waals surface area contributed by atoms with Crippen molar-refractivity contribution in [2.24, 2.45) is 0 Å². The van der Waals surface area contributed by atoms with Gasteiger partial charge in [0.15, 0.2) is 6.10 Å². The van der Waals surface area contributed by atoms with Gasteiger partial charge in [0.25, 0.3) is 0 Å². The molecule has 0 spiro atoms. The molecule has 1 aromatic rings. The summed E-state index contributed by atoms with van der Waals surface area (Å²) in [4.78, 5) is 11.8. The molecule has 0 fully saturated rings. The molecule has 118 valence electrons. The Morgan fingerprint density at radius 3 is 2.19 bits per heavy atom. The van der Waals surface area contributed by atoms with E-state index in [-0.39, 0.29) is 11.6 Å². The highest BCUT2D eigenvalue weighted by Crippen LogP contribution is 2.19. The van der Waals surface area contributed by atoms with Crippen molar-refractivity contribution in [3.8, 4) is 5.75 Å². The molecule has 0 amide bonds. The van der Waals surface area contributed by atoms with Gasteiger partial charge in [-0.1, -0.05) is 12.1 Å². The first-order valence-electron chi connectivity index (χ1n) is 7.42. The number of carbonyl (C=O) groups excluding carboxylic acids is 1. The smallest absolute Gasteiger partial charge is 0.335 e. The van der Waals surface area contributed by atoms with Crippen molar-refractivity contribution in [3.63, 3.8) is 0 Å². The number of benzene rings is 1. The predicted octanol–water partition coefficient (Wildman–Crippen LogP) is 3.37. The van der Waals surface area contributed by atoms with Crippen molar-refractivity contribution < 1.29 is 19.0 Å². The zero-order chi connectivity index (χ0) is 15.9. The average molecular weight is 294 g/mol. The van der Waals surface area contributed by atoms with Crippen molar-refractivity contribution >= 4 is 5.97 Å². The second-order valence-corrected chi connectivity index (χ2v) is 5.76. The number of ether oxygens (including phenoxy) is 3. The first-order valence-corrected chi connectivity index (χ1v) is 7.42. The molecule has 0 aliphatic carbocycles. The van der Waals surface area contributed by atoms with Gasteiger partial charge in [-0.05, 0) is 52.3 Å². The van der Waals surface area contributed by atoms with Gasteiger partial charge in [-0.3, -0.25) is 0 Å². The monoisotopic (exact) mass is 294 g/mol. The van der Waals surface area contributed by atoms with E-state index in [1.165, 1.54) is 0 Å². The van der Waals surface area contributed by atoms with E-state index in [0.717, 1.165) is 11.3 Å². The maximum atomic E-state index is 11.8. The summed E-state index contributed by atoms with van der Waals surface area (Å²) in [5.74, 6) is 0.504. The summed E-state index contributed by atoms with van der Waals surface area (Å²) in [5.41, 5.74) is 0.795. The fourth-order valence-corrected chi connectivity index (χ4v) is 1.91. The van der Waals surface area contributed by atoms with E-state index in [9.17, 15) is 4.79 Å². The first-order chi connectivity index (χ1) is 9.85. The van der Waals surface area contributed by atoms with Crippen molar-refractivity contribution in [3.05, 3.63) is 29.8 Å². The molecule has 0 saturated carbocycles. The van der Waals surface area contributed by atoms with Crippen molar-refractivity contribution in [2.75, 3.05) is 13.2 Å². The minimum atomic E-state index is -0.552. The normalized spacial score (nSPS) is 12.8. The van der Waals surface area contributed by atoms with E-state index in [0.29, 0.717) is 19.6 Å². The van der Waals surface area contributed by atoms with Gasteiger partial charge in [0.05, 0.1) is 6.61 Å². The van der Waals surface area contributed by atoms with E-state index in [4.69, 9.17) is 14.2 Å². The molecule has 4 heteroatoms. The predicted molar refractivity (Wildman–Crippen MR) is 82.6 cm³/mol. The zero-order valence-corrected chi connectivity index (χ0v) is 13.6. The molecule has 0 radical (unpaired) electrons. The third-order valence-electron chi connectivity index (χ3n) is 2.69. The van der Waals surface area contributed by atoms with Crippen LogP contribution < -0.4 is 4.74 Å². The minimum absolute atomic E-state index is 0.222. The van der Waals surface area contributed by atoms with Crippen LogP contribution in [-0.4, -0.2) is 30.9 Å². The summed E-state index contributed by atoms with van der Waals surface area (Å²) >= 11 is 0. The molecule has 1 atom stereocenters. The molecule has 0 heterocycles. The highest BCUT2D eigenvalue weighted by Gasteiger charge is 2.20. The molecular formula is C17H26O4. The van der Waals surface area contributed by atoms with Crippen LogP contribution in [0, 0.1) is 0 Å². The maximum absolute atomic E-state index is 11.8. The number of carbonyl (C=O) groups is 1. The van der Waals surface area contributed by atoms with E-state index in [1.807, 2.05) is 52.0 Å². The van der Waals surface area contributed by atoms with E-state index in [2.05, 4.69) is 0 Å². The van der Waals surface area contributed by atoms with Crippen LogP contribution in [0.15, 0.2) is 24.3 Å². The molecule has 1 aromatic carbocycles. The van der Waals surface area contributed by atoms with Gasteiger partial charge in [0.2, 0.25) is 0 Å². The topological polar surface area (TPSA) is 44.8 Å². The van der Waals surface area contributed by atoms with Gasteiger partial charge in [0.1, 0.15) is 11.4 Å². The molecular weight excluding hydrogens is 268 g/mol. The molecule has 0 saturated heterocycles. The number of hydrogen-bond donors (Lipinski definition) is 0. The molecule has 1 rings (SSSR count). The molecule has 0 N–H and O–H groups in total. The summed E-state index contributed by atoms with van der Waals surface area (Å²) in [6.45, 7) is 10.5. The number of rotatable bonds is 7. The molecule has 21 heavy (non-hydrogen) atoms. The SMILES string of the molecule is CCOC(=O)C(Cc1ccc(OC(C)(C)C)cc1)OCC. The van der Waals surface area contributed by atoms with Gasteiger partial charge in [0, 0.05) is 13.0 Å². The molecule has 0 bridgehead atoms. The lowest BCUT2D eigenvalue weighted by Gasteiger charge is -2.21. The van der Waals surface area contributed by atoms with E-state index >= 15 is 0 Å². The lowest BCUT2D eigenvalue weighted by Crippen LogP contribution is -2.29. The van der Waals surface area contributed by atoms with Crippen molar-refractivity contribution in [1.82, 2.24) is 0 Å². The molecule has 4 nitrogen and oxygen atoms in total. The van der Waals surface area contributed by atoms with Crippen LogP contribution in [0.4, 0.5) is 0 Å². The molecule has 0 aliphatic heterocycles. The quantitative estimate of drug-likeness (QED) is 0.723. The number of esters is 1. The minimum Gasteiger partial charge on any atom is -0.488 e. The summed E-state index contributed by atoms with van der Waals surface area (Å²) < 4.78 is 16.3. The largest absolute Gasteiger partial charge is 0.488 e. The summed E-state index contributed by atoms with van der Waals surface area (Å²) in [5, 5.41) is 0. The Morgan fingerprint density at radius 1 is 1.10 bits per heavy atom. The van der Waals surface area contributed by atoms with Crippen LogP contribution in [0.5, 0.6) is 5.75 Å². The fraction of sp³-hybridized carbons (Fsp3) is 0.588. The van der Waals surface area contributed by atoms with Crippen LogP contribution in [0.1, 0.15) is 40.2 Å². The van der Waals surface area contributed by atoms with Gasteiger partial charge >= 0.3 is 5.97 Å². The Bertz CT molecular complexity index is 431. The van der Waals surface area contributed by atoms with E-state index in [1.54, 1.807) is 6.92 Å². The lowest BCUT2D eigenvalue weighted by molar-refractivity contribution is -0.156. The Labute approximate surface area is 127 Å². The highest BCUT2D eigenvalue weighted by molar-refractivity contribution is 5.75.